The number of nitrogens with one attached hydrogen (secondary N) is 1. The van der Waals surface area contributed by atoms with Gasteiger partial charge >= 0.3 is 0 Å². The molecule has 2 heterocycles. The molecule has 0 aromatic heterocycles. The Kier molecular flexibility index (Phi) is 5.10. The quantitative estimate of drug-likeness (QED) is 0.662. The lowest BCUT2D eigenvalue weighted by Crippen LogP contribution is -2.49. The van der Waals surface area contributed by atoms with Crippen LogP contribution in [0.4, 0.5) is 0 Å². The second-order valence-electron chi connectivity index (χ2n) is 11.9. The summed E-state index contributed by atoms with van der Waals surface area (Å²) in [5.41, 5.74) is -0.400. The van der Waals surface area contributed by atoms with E-state index >= 15 is 0 Å². The first-order valence-electron chi connectivity index (χ1n) is 12.9. The summed E-state index contributed by atoms with van der Waals surface area (Å²) in [5, 5.41) is 2.58. The van der Waals surface area contributed by atoms with Crippen molar-refractivity contribution < 1.29 is 19.2 Å². The van der Waals surface area contributed by atoms with E-state index in [1.807, 2.05) is 13.8 Å². The van der Waals surface area contributed by atoms with Crippen LogP contribution in [-0.2, 0) is 19.2 Å². The minimum Gasteiger partial charge on any atom is -0.296 e. The van der Waals surface area contributed by atoms with Crippen LogP contribution in [0.15, 0.2) is 0 Å². The number of amides is 4. The van der Waals surface area contributed by atoms with Crippen molar-refractivity contribution in [1.29, 1.82) is 0 Å². The highest BCUT2D eigenvalue weighted by atomic mass is 16.2. The third kappa shape index (κ3) is 2.83. The van der Waals surface area contributed by atoms with Gasteiger partial charge in [0.15, 0.2) is 0 Å². The molecule has 3 saturated carbocycles. The lowest BCUT2D eigenvalue weighted by molar-refractivity contribution is -0.147. The molecule has 5 rings (SSSR count). The average Bonchev–Trinajstić information content (AvgIpc) is 3.53. The summed E-state index contributed by atoms with van der Waals surface area (Å²) in [6.45, 7) is 10.4. The number of hydrogen-bond donors (Lipinski definition) is 1. The molecule has 3 aliphatic carbocycles. The van der Waals surface area contributed by atoms with Crippen molar-refractivity contribution in [2.24, 2.45) is 59.2 Å². The van der Waals surface area contributed by atoms with E-state index in [1.54, 1.807) is 4.90 Å². The molecule has 0 spiro atoms. The van der Waals surface area contributed by atoms with Gasteiger partial charge in [0.25, 0.3) is 0 Å². The average molecular weight is 443 g/mol. The molecule has 10 unspecified atom stereocenters. The summed E-state index contributed by atoms with van der Waals surface area (Å²) in [4.78, 5) is 53.1. The summed E-state index contributed by atoms with van der Waals surface area (Å²) in [7, 11) is 0. The fourth-order valence-corrected chi connectivity index (χ4v) is 8.68. The standard InChI is InChI=1S/C26H38N2O4/c1-6-26(5,7-2)28-24(31)13(4)19(25(28)32)14-8-12(3)16(9-14)17-10-15-11-18(17)21-20(15)22(29)27-23(21)30/h12-21H,6-11H2,1-5H3,(H,27,29,30). The number of carbonyl (C=O) groups is 4. The molecule has 0 radical (unpaired) electrons. The van der Waals surface area contributed by atoms with Crippen LogP contribution < -0.4 is 5.32 Å². The second kappa shape index (κ2) is 7.39. The van der Waals surface area contributed by atoms with Gasteiger partial charge in [-0.2, -0.15) is 0 Å². The van der Waals surface area contributed by atoms with Gasteiger partial charge in [0, 0.05) is 11.5 Å². The Labute approximate surface area is 191 Å². The SMILES string of the molecule is CCC(C)(CC)N1C(=O)C(C)C(C2CC(C)C(C3CC4CC3C3C(=O)NC(=O)C43)C2)C1=O. The van der Waals surface area contributed by atoms with Crippen LogP contribution in [0.2, 0.25) is 0 Å². The van der Waals surface area contributed by atoms with Gasteiger partial charge in [-0.05, 0) is 81.0 Å². The first-order valence-corrected chi connectivity index (χ1v) is 12.9. The zero-order chi connectivity index (χ0) is 23.1. The molecule has 1 N–H and O–H groups in total. The van der Waals surface area contributed by atoms with Gasteiger partial charge < -0.3 is 0 Å². The normalized spacial score (nSPS) is 45.8. The van der Waals surface area contributed by atoms with E-state index in [9.17, 15) is 19.2 Å². The fourth-order valence-electron chi connectivity index (χ4n) is 8.68. The van der Waals surface area contributed by atoms with Crippen molar-refractivity contribution in [2.75, 3.05) is 0 Å². The second-order valence-corrected chi connectivity index (χ2v) is 11.9. The number of likely N-dealkylation sites (tertiary alicyclic amines) is 1. The highest BCUT2D eigenvalue weighted by Crippen LogP contribution is 2.62. The minimum absolute atomic E-state index is 0.00575. The zero-order valence-corrected chi connectivity index (χ0v) is 20.1. The van der Waals surface area contributed by atoms with Crippen LogP contribution in [0.3, 0.4) is 0 Å². The van der Waals surface area contributed by atoms with Crippen LogP contribution in [0.5, 0.6) is 0 Å². The summed E-state index contributed by atoms with van der Waals surface area (Å²) in [5.74, 6) is 1.55. The van der Waals surface area contributed by atoms with E-state index in [4.69, 9.17) is 0 Å². The fraction of sp³-hybridized carbons (Fsp3) is 0.846. The highest BCUT2D eigenvalue weighted by Gasteiger charge is 2.64. The maximum atomic E-state index is 13.6. The van der Waals surface area contributed by atoms with Gasteiger partial charge in [-0.15, -0.1) is 0 Å². The minimum atomic E-state index is -0.400. The molecule has 6 nitrogen and oxygen atoms in total. The lowest BCUT2D eigenvalue weighted by atomic mass is 9.68. The Bertz CT molecular complexity index is 864. The van der Waals surface area contributed by atoms with Crippen LogP contribution in [0.25, 0.3) is 0 Å². The molecule has 5 fully saturated rings. The Morgan fingerprint density at radius 3 is 2.00 bits per heavy atom. The van der Waals surface area contributed by atoms with Crippen LogP contribution in [0, 0.1) is 59.2 Å². The summed E-state index contributed by atoms with van der Waals surface area (Å²) >= 11 is 0. The molecule has 2 aliphatic heterocycles. The number of carbonyl (C=O) groups excluding carboxylic acids is 4. The summed E-state index contributed by atoms with van der Waals surface area (Å²) in [6.07, 6.45) is 5.55. The Balaban J connectivity index is 1.34. The molecular formula is C26H38N2O4. The Hall–Kier alpha value is -1.72. The molecule has 32 heavy (non-hydrogen) atoms. The van der Waals surface area contributed by atoms with Crippen molar-refractivity contribution in [3.8, 4) is 0 Å². The maximum Gasteiger partial charge on any atom is 0.233 e. The molecule has 0 aromatic carbocycles. The van der Waals surface area contributed by atoms with E-state index in [0.717, 1.165) is 38.5 Å². The maximum absolute atomic E-state index is 13.6. The molecule has 5 aliphatic rings. The Morgan fingerprint density at radius 1 is 0.781 bits per heavy atom. The molecule has 2 bridgehead atoms. The number of fused-ring (bicyclic) bond motifs is 5. The number of imide groups is 2. The highest BCUT2D eigenvalue weighted by molar-refractivity contribution is 6.06. The van der Waals surface area contributed by atoms with E-state index < -0.39 is 5.54 Å². The topological polar surface area (TPSA) is 83.6 Å². The first kappa shape index (κ1) is 22.1. The monoisotopic (exact) mass is 442 g/mol. The van der Waals surface area contributed by atoms with E-state index in [-0.39, 0.29) is 53.2 Å². The van der Waals surface area contributed by atoms with Gasteiger partial charge in [-0.3, -0.25) is 29.4 Å². The number of nitrogens with zero attached hydrogens (tertiary/aromatic N) is 1. The third-order valence-electron chi connectivity index (χ3n) is 10.7. The number of rotatable bonds is 5. The van der Waals surface area contributed by atoms with Crippen molar-refractivity contribution in [3.63, 3.8) is 0 Å². The molecule has 4 amide bonds. The van der Waals surface area contributed by atoms with E-state index in [2.05, 4.69) is 26.1 Å². The van der Waals surface area contributed by atoms with Crippen molar-refractivity contribution in [2.45, 2.75) is 78.7 Å². The zero-order valence-electron chi connectivity index (χ0n) is 20.1. The van der Waals surface area contributed by atoms with Crippen molar-refractivity contribution in [1.82, 2.24) is 10.2 Å². The molecule has 2 saturated heterocycles. The summed E-state index contributed by atoms with van der Waals surface area (Å²) < 4.78 is 0. The Morgan fingerprint density at radius 2 is 1.34 bits per heavy atom. The van der Waals surface area contributed by atoms with Crippen LogP contribution in [0.1, 0.15) is 73.1 Å². The van der Waals surface area contributed by atoms with Crippen molar-refractivity contribution in [3.05, 3.63) is 0 Å². The molecule has 0 aromatic rings. The van der Waals surface area contributed by atoms with Crippen LogP contribution >= 0.6 is 0 Å². The first-order chi connectivity index (χ1) is 15.1. The third-order valence-corrected chi connectivity index (χ3v) is 10.7. The van der Waals surface area contributed by atoms with Gasteiger partial charge in [0.2, 0.25) is 23.6 Å². The lowest BCUT2D eigenvalue weighted by Gasteiger charge is -2.36. The molecule has 176 valence electrons. The van der Waals surface area contributed by atoms with Gasteiger partial charge in [0.1, 0.15) is 0 Å². The predicted octanol–water partition coefficient (Wildman–Crippen LogP) is 3.39. The van der Waals surface area contributed by atoms with Crippen LogP contribution in [-0.4, -0.2) is 34.1 Å². The van der Waals surface area contributed by atoms with Gasteiger partial charge in [-0.1, -0.05) is 27.7 Å². The molecule has 10 atom stereocenters. The van der Waals surface area contributed by atoms with E-state index in [0.29, 0.717) is 29.6 Å². The smallest absolute Gasteiger partial charge is 0.233 e. The van der Waals surface area contributed by atoms with Gasteiger partial charge in [0.05, 0.1) is 17.8 Å². The van der Waals surface area contributed by atoms with Crippen molar-refractivity contribution >= 4 is 23.6 Å². The summed E-state index contributed by atoms with van der Waals surface area (Å²) in [6, 6.07) is 0. The number of hydrogen-bond acceptors (Lipinski definition) is 4. The van der Waals surface area contributed by atoms with Gasteiger partial charge in [-0.25, -0.2) is 0 Å². The molecule has 6 heteroatoms. The molecular weight excluding hydrogens is 404 g/mol. The van der Waals surface area contributed by atoms with E-state index in [1.165, 1.54) is 0 Å². The largest absolute Gasteiger partial charge is 0.296 e. The predicted molar refractivity (Wildman–Crippen MR) is 119 cm³/mol.